The second-order valence-corrected chi connectivity index (χ2v) is 6.97. The fraction of sp³-hybridized carbons (Fsp3) is 0.364. The lowest BCUT2D eigenvalue weighted by molar-refractivity contribution is -0.133. The Labute approximate surface area is 180 Å². The van der Waals surface area contributed by atoms with E-state index in [1.54, 1.807) is 31.6 Å². The van der Waals surface area contributed by atoms with Gasteiger partial charge in [-0.3, -0.25) is 9.78 Å². The van der Waals surface area contributed by atoms with Crippen molar-refractivity contribution < 1.29 is 24.2 Å². The van der Waals surface area contributed by atoms with Gasteiger partial charge in [0.05, 0.1) is 19.4 Å². The summed E-state index contributed by atoms with van der Waals surface area (Å²) in [5.74, 6) is 0.838. The summed E-state index contributed by atoms with van der Waals surface area (Å²) in [5.41, 5.74) is 2.37. The third-order valence-corrected chi connectivity index (χ3v) is 4.86. The molecule has 1 aliphatic heterocycles. The Kier molecular flexibility index (Phi) is 7.42. The highest BCUT2D eigenvalue weighted by Gasteiger charge is 2.28. The van der Waals surface area contributed by atoms with E-state index in [9.17, 15) is 14.7 Å². The zero-order chi connectivity index (χ0) is 22.2. The summed E-state index contributed by atoms with van der Waals surface area (Å²) >= 11 is 0. The normalized spacial score (nSPS) is 14.4. The van der Waals surface area contributed by atoms with Crippen LogP contribution in [0, 0.1) is 0 Å². The molecule has 31 heavy (non-hydrogen) atoms. The topological polar surface area (TPSA) is 113 Å². The highest BCUT2D eigenvalue weighted by Crippen LogP contribution is 2.29. The fourth-order valence-corrected chi connectivity index (χ4v) is 3.41. The molecule has 2 heterocycles. The number of hydrogen-bond acceptors (Lipinski definition) is 6. The number of hydrazone groups is 1. The van der Waals surface area contributed by atoms with Crippen molar-refractivity contribution in [2.24, 2.45) is 5.10 Å². The van der Waals surface area contributed by atoms with Crippen LogP contribution in [0.2, 0.25) is 0 Å². The molecule has 164 valence electrons. The summed E-state index contributed by atoms with van der Waals surface area (Å²) in [5, 5.41) is 17.4. The first kappa shape index (κ1) is 22.1. The van der Waals surface area contributed by atoms with Crippen LogP contribution < -0.4 is 14.8 Å². The minimum Gasteiger partial charge on any atom is -0.493 e. The SMILES string of the molecule is CCOc1cc(C2=NN(C(=O)C(Cc3ccncc3)NC(=O)O)CCC2)ccc1OC. The van der Waals surface area contributed by atoms with Gasteiger partial charge in [0.2, 0.25) is 0 Å². The molecule has 1 aromatic heterocycles. The molecule has 9 heteroatoms. The van der Waals surface area contributed by atoms with Crippen LogP contribution in [0.15, 0.2) is 47.8 Å². The minimum atomic E-state index is -1.26. The number of nitrogens with one attached hydrogen (secondary N) is 1. The Hall–Kier alpha value is -3.62. The lowest BCUT2D eigenvalue weighted by Gasteiger charge is -2.27. The van der Waals surface area contributed by atoms with Gasteiger partial charge in [-0.1, -0.05) is 0 Å². The molecule has 3 rings (SSSR count). The van der Waals surface area contributed by atoms with Gasteiger partial charge in [0.15, 0.2) is 11.5 Å². The lowest BCUT2D eigenvalue weighted by Crippen LogP contribution is -2.49. The molecule has 0 spiro atoms. The summed E-state index contributed by atoms with van der Waals surface area (Å²) in [6.07, 6.45) is 3.58. The number of pyridine rings is 1. The van der Waals surface area contributed by atoms with Crippen LogP contribution in [-0.4, -0.2) is 59.1 Å². The van der Waals surface area contributed by atoms with Gasteiger partial charge in [0.1, 0.15) is 6.04 Å². The van der Waals surface area contributed by atoms with Crippen LogP contribution in [0.1, 0.15) is 30.9 Å². The van der Waals surface area contributed by atoms with Gasteiger partial charge in [-0.05, 0) is 55.7 Å². The van der Waals surface area contributed by atoms with Gasteiger partial charge in [-0.25, -0.2) is 9.80 Å². The van der Waals surface area contributed by atoms with Crippen LogP contribution in [-0.2, 0) is 11.2 Å². The Morgan fingerprint density at radius 2 is 2.00 bits per heavy atom. The zero-order valence-corrected chi connectivity index (χ0v) is 17.6. The molecule has 1 atom stereocenters. The standard InChI is InChI=1S/C22H26N4O5/c1-3-31-20-14-16(6-7-19(20)30-2)17-5-4-12-26(25-17)21(27)18(24-22(28)29)13-15-8-10-23-11-9-15/h6-11,14,18,24H,3-5,12-13H2,1-2H3,(H,28,29). The summed E-state index contributed by atoms with van der Waals surface area (Å²) < 4.78 is 11.0. The van der Waals surface area contributed by atoms with Crippen LogP contribution in [0.25, 0.3) is 0 Å². The predicted molar refractivity (Wildman–Crippen MR) is 115 cm³/mol. The first-order valence-corrected chi connectivity index (χ1v) is 10.1. The third-order valence-electron chi connectivity index (χ3n) is 4.86. The molecule has 0 radical (unpaired) electrons. The molecular weight excluding hydrogens is 400 g/mol. The maximum Gasteiger partial charge on any atom is 0.405 e. The number of hydrogen-bond donors (Lipinski definition) is 2. The summed E-state index contributed by atoms with van der Waals surface area (Å²) in [7, 11) is 1.58. The highest BCUT2D eigenvalue weighted by molar-refractivity contribution is 6.02. The number of rotatable bonds is 8. The van der Waals surface area contributed by atoms with E-state index in [0.717, 1.165) is 23.3 Å². The van der Waals surface area contributed by atoms with Crippen LogP contribution in [0.3, 0.4) is 0 Å². The Morgan fingerprint density at radius 3 is 2.68 bits per heavy atom. The maximum atomic E-state index is 13.1. The van der Waals surface area contributed by atoms with E-state index in [4.69, 9.17) is 9.47 Å². The fourth-order valence-electron chi connectivity index (χ4n) is 3.41. The van der Waals surface area contributed by atoms with Crippen molar-refractivity contribution in [3.63, 3.8) is 0 Å². The van der Waals surface area contributed by atoms with Gasteiger partial charge in [-0.2, -0.15) is 5.10 Å². The van der Waals surface area contributed by atoms with E-state index in [1.165, 1.54) is 5.01 Å². The van der Waals surface area contributed by atoms with Crippen LogP contribution >= 0.6 is 0 Å². The monoisotopic (exact) mass is 426 g/mol. The average molecular weight is 426 g/mol. The molecule has 1 unspecified atom stereocenters. The molecule has 2 aromatic rings. The number of aromatic nitrogens is 1. The minimum absolute atomic E-state index is 0.214. The second kappa shape index (κ2) is 10.4. The van der Waals surface area contributed by atoms with Gasteiger partial charge in [0.25, 0.3) is 5.91 Å². The average Bonchev–Trinajstić information content (AvgIpc) is 2.79. The first-order valence-electron chi connectivity index (χ1n) is 10.1. The summed E-state index contributed by atoms with van der Waals surface area (Å²) in [6.45, 7) is 2.81. The van der Waals surface area contributed by atoms with Gasteiger partial charge < -0.3 is 19.9 Å². The van der Waals surface area contributed by atoms with Crippen molar-refractivity contribution in [1.29, 1.82) is 0 Å². The number of amides is 2. The van der Waals surface area contributed by atoms with Crippen molar-refractivity contribution in [1.82, 2.24) is 15.3 Å². The van der Waals surface area contributed by atoms with Gasteiger partial charge in [0, 0.05) is 30.9 Å². The molecule has 0 aliphatic carbocycles. The molecule has 0 bridgehead atoms. The summed E-state index contributed by atoms with van der Waals surface area (Å²) in [6, 6.07) is 8.08. The van der Waals surface area contributed by atoms with E-state index < -0.39 is 18.0 Å². The van der Waals surface area contributed by atoms with E-state index in [-0.39, 0.29) is 6.42 Å². The molecule has 1 aliphatic rings. The third kappa shape index (κ3) is 5.71. The van der Waals surface area contributed by atoms with E-state index >= 15 is 0 Å². The van der Waals surface area contributed by atoms with E-state index in [0.29, 0.717) is 31.1 Å². The van der Waals surface area contributed by atoms with Crippen LogP contribution in [0.4, 0.5) is 4.79 Å². The molecule has 0 fully saturated rings. The molecule has 1 aromatic carbocycles. The lowest BCUT2D eigenvalue weighted by atomic mass is 10.0. The quantitative estimate of drug-likeness (QED) is 0.671. The maximum absolute atomic E-state index is 13.1. The first-order chi connectivity index (χ1) is 15.0. The number of benzene rings is 1. The Balaban J connectivity index is 1.84. The number of nitrogens with zero attached hydrogens (tertiary/aromatic N) is 3. The van der Waals surface area contributed by atoms with E-state index in [1.807, 2.05) is 25.1 Å². The van der Waals surface area contributed by atoms with Crippen molar-refractivity contribution in [3.05, 3.63) is 53.9 Å². The number of methoxy groups -OCH3 is 1. The predicted octanol–water partition coefficient (Wildman–Crippen LogP) is 2.69. The highest BCUT2D eigenvalue weighted by atomic mass is 16.5. The van der Waals surface area contributed by atoms with Crippen molar-refractivity contribution in [2.75, 3.05) is 20.3 Å². The number of carbonyl (C=O) groups excluding carboxylic acids is 1. The Morgan fingerprint density at radius 1 is 1.23 bits per heavy atom. The van der Waals surface area contributed by atoms with Crippen molar-refractivity contribution >= 4 is 17.7 Å². The Bertz CT molecular complexity index is 948. The summed E-state index contributed by atoms with van der Waals surface area (Å²) in [4.78, 5) is 28.3. The molecule has 9 nitrogen and oxygen atoms in total. The number of ether oxygens (including phenoxy) is 2. The number of carbonyl (C=O) groups is 2. The van der Waals surface area contributed by atoms with Crippen molar-refractivity contribution in [2.45, 2.75) is 32.2 Å². The van der Waals surface area contributed by atoms with Crippen LogP contribution in [0.5, 0.6) is 11.5 Å². The molecule has 2 amide bonds. The van der Waals surface area contributed by atoms with Gasteiger partial charge >= 0.3 is 6.09 Å². The number of carboxylic acid groups (broad SMARTS) is 1. The van der Waals surface area contributed by atoms with Gasteiger partial charge in [-0.15, -0.1) is 0 Å². The molecular formula is C22H26N4O5. The molecule has 0 saturated carbocycles. The smallest absolute Gasteiger partial charge is 0.405 e. The molecule has 2 N–H and O–H groups in total. The van der Waals surface area contributed by atoms with Crippen molar-refractivity contribution in [3.8, 4) is 11.5 Å². The second-order valence-electron chi connectivity index (χ2n) is 6.97. The largest absolute Gasteiger partial charge is 0.493 e. The molecule has 0 saturated heterocycles. The van der Waals surface area contributed by atoms with E-state index in [2.05, 4.69) is 15.4 Å². The zero-order valence-electron chi connectivity index (χ0n) is 17.6.